The summed E-state index contributed by atoms with van der Waals surface area (Å²) >= 11 is 0.964. The average Bonchev–Trinajstić information content (AvgIpc) is 3.25. The highest BCUT2D eigenvalue weighted by atomic mass is 32.1. The first-order valence-electron chi connectivity index (χ1n) is 10.1. The smallest absolute Gasteiger partial charge is 0.412 e. The Balaban J connectivity index is 1.29. The van der Waals surface area contributed by atoms with Crippen molar-refractivity contribution in [1.29, 1.82) is 0 Å². The number of carboxylic acid groups (broad SMARTS) is 1. The highest BCUT2D eigenvalue weighted by molar-refractivity contribution is 7.10. The van der Waals surface area contributed by atoms with Gasteiger partial charge in [0, 0.05) is 5.92 Å². The number of aliphatic carboxylic acids is 1. The van der Waals surface area contributed by atoms with Gasteiger partial charge in [0.1, 0.15) is 22.7 Å². The van der Waals surface area contributed by atoms with Gasteiger partial charge in [-0.25, -0.2) is 4.79 Å². The maximum Gasteiger partial charge on any atom is 0.412 e. The first kappa shape index (κ1) is 21.5. The van der Waals surface area contributed by atoms with Crippen molar-refractivity contribution < 1.29 is 28.3 Å². The topological polar surface area (TPSA) is 167 Å². The lowest BCUT2D eigenvalue weighted by molar-refractivity contribution is -0.140. The van der Waals surface area contributed by atoms with Crippen LogP contribution >= 0.6 is 11.5 Å². The number of nitrogen functional groups attached to an aromatic ring is 1. The van der Waals surface area contributed by atoms with Crippen molar-refractivity contribution in [3.05, 3.63) is 52.9 Å². The number of fused-ring (bicyclic) bond motifs is 1. The van der Waals surface area contributed by atoms with Gasteiger partial charge >= 0.3 is 17.8 Å². The van der Waals surface area contributed by atoms with Crippen molar-refractivity contribution in [2.45, 2.75) is 31.8 Å². The van der Waals surface area contributed by atoms with E-state index in [0.717, 1.165) is 22.7 Å². The first-order chi connectivity index (χ1) is 16.4. The Kier molecular flexibility index (Phi) is 5.18. The number of aromatic nitrogens is 3. The minimum atomic E-state index is -1.10. The van der Waals surface area contributed by atoms with E-state index in [9.17, 15) is 14.7 Å². The summed E-state index contributed by atoms with van der Waals surface area (Å²) in [5.74, 6) is 4.49. The zero-order valence-corrected chi connectivity index (χ0v) is 18.6. The molecular formula is C22H17N5O6S. The molecule has 34 heavy (non-hydrogen) atoms. The number of hydrogen-bond donors (Lipinski definition) is 3. The molecule has 0 radical (unpaired) electrons. The van der Waals surface area contributed by atoms with Crippen LogP contribution in [0.2, 0.25) is 0 Å². The molecule has 0 saturated heterocycles. The predicted molar refractivity (Wildman–Crippen MR) is 120 cm³/mol. The molecule has 5 rings (SSSR count). The van der Waals surface area contributed by atoms with E-state index in [2.05, 4.69) is 31.5 Å². The Bertz CT molecular complexity index is 1450. The number of nitrogens with zero attached hydrogens (tertiary/aromatic N) is 3. The molecule has 0 unspecified atom stereocenters. The number of nitrogens with two attached hydrogens (primary N) is 1. The Morgan fingerprint density at radius 3 is 2.76 bits per heavy atom. The molecule has 3 aromatic heterocycles. The maximum absolute atomic E-state index is 12.3. The molecule has 11 nitrogen and oxygen atoms in total. The molecule has 0 spiro atoms. The van der Waals surface area contributed by atoms with Crippen molar-refractivity contribution in [3.8, 4) is 11.8 Å². The van der Waals surface area contributed by atoms with Gasteiger partial charge < -0.3 is 24.4 Å². The Hall–Kier alpha value is -4.37. The molecule has 172 valence electrons. The fourth-order valence-electron chi connectivity index (χ4n) is 3.22. The monoisotopic (exact) mass is 479 g/mol. The van der Waals surface area contributed by atoms with Gasteiger partial charge in [0.15, 0.2) is 5.69 Å². The van der Waals surface area contributed by atoms with Crippen molar-refractivity contribution in [1.82, 2.24) is 14.3 Å². The number of amides is 1. The van der Waals surface area contributed by atoms with Crippen LogP contribution in [0.1, 0.15) is 41.4 Å². The summed E-state index contributed by atoms with van der Waals surface area (Å²) in [7, 11) is 0. The summed E-state index contributed by atoms with van der Waals surface area (Å²) in [6.07, 6.45) is 0.204. The summed E-state index contributed by atoms with van der Waals surface area (Å²) < 4.78 is 20.3. The molecular weight excluding hydrogens is 462 g/mol. The van der Waals surface area contributed by atoms with Gasteiger partial charge in [-0.2, -0.15) is 14.3 Å². The van der Waals surface area contributed by atoms with Crippen LogP contribution in [0.3, 0.4) is 0 Å². The lowest BCUT2D eigenvalue weighted by Gasteiger charge is -2.08. The molecule has 1 fully saturated rings. The molecule has 1 saturated carbocycles. The zero-order chi connectivity index (χ0) is 23.9. The number of ether oxygens (including phenoxy) is 1. The van der Waals surface area contributed by atoms with E-state index in [1.807, 2.05) is 31.2 Å². The lowest BCUT2D eigenvalue weighted by atomic mass is 10.1. The molecule has 1 aliphatic carbocycles. The van der Waals surface area contributed by atoms with E-state index in [1.54, 1.807) is 0 Å². The largest absolute Gasteiger partial charge is 0.480 e. The number of hydrogen-bond acceptors (Lipinski definition) is 10. The molecule has 1 amide bonds. The number of benzene rings is 1. The van der Waals surface area contributed by atoms with Crippen molar-refractivity contribution >= 4 is 45.7 Å². The SMILES string of the molecule is Cc1ccccc1COC(=O)Nc1c(C#Cc2nc3nc(C4(C(=O)O)CC4)oc3o2)nsc1N. The average molecular weight is 479 g/mol. The summed E-state index contributed by atoms with van der Waals surface area (Å²) in [5, 5.41) is 12.2. The van der Waals surface area contributed by atoms with Gasteiger partial charge in [0.25, 0.3) is 5.89 Å². The predicted octanol–water partition coefficient (Wildman–Crippen LogP) is 3.43. The van der Waals surface area contributed by atoms with Crippen molar-refractivity contribution in [2.75, 3.05) is 11.1 Å². The van der Waals surface area contributed by atoms with Crippen LogP contribution in [0, 0.1) is 18.8 Å². The third kappa shape index (κ3) is 3.93. The molecule has 0 atom stereocenters. The second-order valence-corrected chi connectivity index (χ2v) is 8.49. The normalized spacial score (nSPS) is 13.8. The summed E-state index contributed by atoms with van der Waals surface area (Å²) in [6.45, 7) is 2.03. The minimum absolute atomic E-state index is 0.00683. The van der Waals surface area contributed by atoms with Crippen LogP contribution in [-0.4, -0.2) is 31.5 Å². The van der Waals surface area contributed by atoms with Crippen molar-refractivity contribution in [2.24, 2.45) is 0 Å². The molecule has 4 N–H and O–H groups in total. The Morgan fingerprint density at radius 1 is 1.26 bits per heavy atom. The van der Waals surface area contributed by atoms with E-state index < -0.39 is 17.5 Å². The number of carboxylic acids is 1. The van der Waals surface area contributed by atoms with Crippen LogP contribution in [0.15, 0.2) is 33.1 Å². The molecule has 0 bridgehead atoms. The van der Waals surface area contributed by atoms with Crippen LogP contribution in [0.25, 0.3) is 11.4 Å². The van der Waals surface area contributed by atoms with Crippen LogP contribution in [-0.2, 0) is 21.6 Å². The highest BCUT2D eigenvalue weighted by Gasteiger charge is 2.56. The van der Waals surface area contributed by atoms with E-state index in [-0.39, 0.29) is 46.2 Å². The number of carbonyl (C=O) groups excluding carboxylic acids is 1. The molecule has 0 aliphatic heterocycles. The van der Waals surface area contributed by atoms with E-state index in [4.69, 9.17) is 19.3 Å². The summed E-state index contributed by atoms with van der Waals surface area (Å²) in [5.41, 5.74) is 7.28. The van der Waals surface area contributed by atoms with Crippen LogP contribution in [0.4, 0.5) is 15.5 Å². The first-order valence-corrected chi connectivity index (χ1v) is 10.9. The van der Waals surface area contributed by atoms with E-state index in [1.165, 1.54) is 0 Å². The third-order valence-electron chi connectivity index (χ3n) is 5.40. The van der Waals surface area contributed by atoms with Gasteiger partial charge in [-0.3, -0.25) is 10.1 Å². The van der Waals surface area contributed by atoms with Gasteiger partial charge in [-0.1, -0.05) is 24.3 Å². The number of aryl methyl sites for hydroxylation is 1. The number of carbonyl (C=O) groups is 2. The standard InChI is InChI=1S/C22H17N5O6S/c1-11-4-2-3-5-12(11)10-31-21(30)25-15-13(27-34-16(15)23)6-7-14-24-17-18(32-14)33-19(26-17)22(8-9-22)20(28)29/h2-5H,8-10,23H2,1H3,(H,25,30)(H,28,29). The minimum Gasteiger partial charge on any atom is -0.480 e. The maximum atomic E-state index is 12.3. The number of rotatable bonds is 5. The summed E-state index contributed by atoms with van der Waals surface area (Å²) in [6, 6.07) is 7.57. The van der Waals surface area contributed by atoms with Gasteiger partial charge in [-0.15, -0.1) is 0 Å². The van der Waals surface area contributed by atoms with E-state index >= 15 is 0 Å². The number of nitrogens with one attached hydrogen (secondary N) is 1. The van der Waals surface area contributed by atoms with Gasteiger partial charge in [0.05, 0.1) is 0 Å². The van der Waals surface area contributed by atoms with Gasteiger partial charge in [-0.05, 0) is 48.3 Å². The van der Waals surface area contributed by atoms with Crippen molar-refractivity contribution in [3.63, 3.8) is 0 Å². The molecule has 3 heterocycles. The lowest BCUT2D eigenvalue weighted by Crippen LogP contribution is -2.19. The van der Waals surface area contributed by atoms with Crippen LogP contribution in [0.5, 0.6) is 0 Å². The van der Waals surface area contributed by atoms with E-state index in [0.29, 0.717) is 12.8 Å². The second kappa shape index (κ2) is 8.20. The molecule has 12 heteroatoms. The highest BCUT2D eigenvalue weighted by Crippen LogP contribution is 2.48. The Morgan fingerprint density at radius 2 is 2.06 bits per heavy atom. The molecule has 4 aromatic rings. The second-order valence-electron chi connectivity index (χ2n) is 7.68. The van der Waals surface area contributed by atoms with Crippen LogP contribution < -0.4 is 11.1 Å². The zero-order valence-electron chi connectivity index (χ0n) is 17.7. The third-order valence-corrected chi connectivity index (χ3v) is 6.07. The fraction of sp³-hybridized carbons (Fsp3) is 0.227. The fourth-order valence-corrected chi connectivity index (χ4v) is 3.79. The Labute approximate surface area is 196 Å². The summed E-state index contributed by atoms with van der Waals surface area (Å²) in [4.78, 5) is 31.9. The number of anilines is 2. The number of oxazole rings is 2. The molecule has 1 aromatic carbocycles. The quantitative estimate of drug-likeness (QED) is 0.361. The molecule has 1 aliphatic rings. The van der Waals surface area contributed by atoms with Gasteiger partial charge in [0.2, 0.25) is 11.5 Å².